The fourth-order valence-electron chi connectivity index (χ4n) is 4.66. The van der Waals surface area contributed by atoms with Crippen molar-refractivity contribution in [2.75, 3.05) is 7.11 Å². The second-order valence-electron chi connectivity index (χ2n) is 9.27. The van der Waals surface area contributed by atoms with Gasteiger partial charge < -0.3 is 15.2 Å². The normalized spacial score (nSPS) is 19.8. The van der Waals surface area contributed by atoms with Crippen molar-refractivity contribution >= 4 is 22.7 Å². The molecule has 5 nitrogen and oxygen atoms in total. The van der Waals surface area contributed by atoms with Crippen molar-refractivity contribution in [2.24, 2.45) is 11.1 Å². The van der Waals surface area contributed by atoms with E-state index in [0.717, 1.165) is 33.2 Å². The largest absolute Gasteiger partial charge is 0.497 e. The number of methoxy groups -OCH3 is 1. The SMILES string of the molecule is COc1ccc([C@@H]2C3=C(CC(C)(C)CC3=O)OC(N)=C2c2nc(-c3ccccc3)cs2)cc1. The Bertz CT molecular complexity index is 1270. The third kappa shape index (κ3) is 3.95. The highest BCUT2D eigenvalue weighted by atomic mass is 32.1. The minimum Gasteiger partial charge on any atom is -0.497 e. The smallest absolute Gasteiger partial charge is 0.197 e. The Kier molecular flexibility index (Phi) is 5.33. The molecule has 2 N–H and O–H groups in total. The minimum atomic E-state index is -0.335. The molecule has 1 aliphatic carbocycles. The molecule has 33 heavy (non-hydrogen) atoms. The summed E-state index contributed by atoms with van der Waals surface area (Å²) in [7, 11) is 1.64. The van der Waals surface area contributed by atoms with Gasteiger partial charge in [-0.2, -0.15) is 0 Å². The fraction of sp³-hybridized carbons (Fsp3) is 0.259. The number of Topliss-reactive ketones (excluding diaryl/α,β-unsaturated/α-hetero) is 1. The summed E-state index contributed by atoms with van der Waals surface area (Å²) in [6.07, 6.45) is 1.14. The van der Waals surface area contributed by atoms with Crippen LogP contribution in [-0.2, 0) is 9.53 Å². The van der Waals surface area contributed by atoms with Gasteiger partial charge in [0.1, 0.15) is 16.5 Å². The van der Waals surface area contributed by atoms with Gasteiger partial charge in [0.05, 0.1) is 18.4 Å². The van der Waals surface area contributed by atoms with Gasteiger partial charge in [0.25, 0.3) is 0 Å². The molecule has 5 rings (SSSR count). The maximum Gasteiger partial charge on any atom is 0.197 e. The predicted molar refractivity (Wildman–Crippen MR) is 131 cm³/mol. The molecular formula is C27H26N2O3S. The molecule has 0 saturated heterocycles. The molecule has 0 amide bonds. The average Bonchev–Trinajstić information content (AvgIpc) is 3.28. The summed E-state index contributed by atoms with van der Waals surface area (Å²) in [5, 5.41) is 2.78. The second kappa shape index (κ2) is 8.19. The van der Waals surface area contributed by atoms with Crippen molar-refractivity contribution in [1.82, 2.24) is 4.98 Å². The van der Waals surface area contributed by atoms with Crippen LogP contribution in [0.5, 0.6) is 5.75 Å². The van der Waals surface area contributed by atoms with E-state index in [1.54, 1.807) is 7.11 Å². The third-order valence-corrected chi connectivity index (χ3v) is 7.08. The summed E-state index contributed by atoms with van der Waals surface area (Å²) in [5.41, 5.74) is 10.7. The molecule has 0 radical (unpaired) electrons. The lowest BCUT2D eigenvalue weighted by Gasteiger charge is -2.38. The molecular weight excluding hydrogens is 432 g/mol. The van der Waals surface area contributed by atoms with Crippen LogP contribution >= 0.6 is 11.3 Å². The van der Waals surface area contributed by atoms with Gasteiger partial charge in [-0.1, -0.05) is 56.3 Å². The number of benzene rings is 2. The lowest BCUT2D eigenvalue weighted by molar-refractivity contribution is -0.118. The van der Waals surface area contributed by atoms with Crippen molar-refractivity contribution in [3.8, 4) is 17.0 Å². The topological polar surface area (TPSA) is 74.4 Å². The Morgan fingerprint density at radius 2 is 1.79 bits per heavy atom. The number of carbonyl (C=O) groups is 1. The van der Waals surface area contributed by atoms with Crippen LogP contribution in [-0.4, -0.2) is 17.9 Å². The van der Waals surface area contributed by atoms with Crippen LogP contribution in [0.25, 0.3) is 16.8 Å². The monoisotopic (exact) mass is 458 g/mol. The number of allylic oxidation sites excluding steroid dienone is 3. The summed E-state index contributed by atoms with van der Waals surface area (Å²) >= 11 is 1.51. The van der Waals surface area contributed by atoms with Gasteiger partial charge >= 0.3 is 0 Å². The zero-order chi connectivity index (χ0) is 23.2. The number of hydrogen-bond acceptors (Lipinski definition) is 6. The van der Waals surface area contributed by atoms with Crippen molar-refractivity contribution in [3.05, 3.63) is 87.8 Å². The van der Waals surface area contributed by atoms with Crippen LogP contribution in [0, 0.1) is 5.41 Å². The van der Waals surface area contributed by atoms with Crippen LogP contribution in [0.3, 0.4) is 0 Å². The van der Waals surface area contributed by atoms with E-state index in [1.165, 1.54) is 11.3 Å². The van der Waals surface area contributed by atoms with Crippen molar-refractivity contribution < 1.29 is 14.3 Å². The number of nitrogens with two attached hydrogens (primary N) is 1. The quantitative estimate of drug-likeness (QED) is 0.527. The lowest BCUT2D eigenvalue weighted by Crippen LogP contribution is -2.33. The van der Waals surface area contributed by atoms with Crippen LogP contribution in [0.2, 0.25) is 0 Å². The van der Waals surface area contributed by atoms with Crippen molar-refractivity contribution in [3.63, 3.8) is 0 Å². The van der Waals surface area contributed by atoms with Gasteiger partial charge in [-0.15, -0.1) is 11.3 Å². The van der Waals surface area contributed by atoms with E-state index in [1.807, 2.05) is 60.0 Å². The number of thiazole rings is 1. The minimum absolute atomic E-state index is 0.104. The molecule has 0 saturated carbocycles. The summed E-state index contributed by atoms with van der Waals surface area (Å²) < 4.78 is 11.5. The zero-order valence-electron chi connectivity index (χ0n) is 18.9. The van der Waals surface area contributed by atoms with Gasteiger partial charge in [-0.05, 0) is 23.1 Å². The van der Waals surface area contributed by atoms with Crippen LogP contribution < -0.4 is 10.5 Å². The summed E-state index contributed by atoms with van der Waals surface area (Å²) in [6.45, 7) is 4.17. The standard InChI is InChI=1S/C27H26N2O3S/c1-27(2)13-20(30)23-21(14-27)32-25(28)24(22(23)17-9-11-18(31-3)12-10-17)26-29-19(15-33-26)16-7-5-4-6-8-16/h4-12,15,22H,13-14,28H2,1-3H3/t22-/m1/s1. The van der Waals surface area contributed by atoms with Gasteiger partial charge in [0.15, 0.2) is 11.7 Å². The first-order valence-electron chi connectivity index (χ1n) is 11.0. The number of nitrogens with zero attached hydrogens (tertiary/aromatic N) is 1. The molecule has 1 aliphatic heterocycles. The maximum absolute atomic E-state index is 13.4. The molecule has 168 valence electrons. The lowest BCUT2D eigenvalue weighted by atomic mass is 9.70. The van der Waals surface area contributed by atoms with E-state index in [2.05, 4.69) is 13.8 Å². The number of ketones is 1. The van der Waals surface area contributed by atoms with E-state index >= 15 is 0 Å². The van der Waals surface area contributed by atoms with Crippen molar-refractivity contribution in [1.29, 1.82) is 0 Å². The highest BCUT2D eigenvalue weighted by Crippen LogP contribution is 2.51. The number of hydrogen-bond donors (Lipinski definition) is 1. The molecule has 2 aromatic carbocycles. The summed E-state index contributed by atoms with van der Waals surface area (Å²) in [6, 6.07) is 17.8. The van der Waals surface area contributed by atoms with Crippen molar-refractivity contribution in [2.45, 2.75) is 32.6 Å². The molecule has 1 atom stereocenters. The molecule has 3 aromatic rings. The summed E-state index contributed by atoms with van der Waals surface area (Å²) in [4.78, 5) is 18.3. The number of carbonyl (C=O) groups excluding carboxylic acids is 1. The number of rotatable bonds is 4. The van der Waals surface area contributed by atoms with Gasteiger partial charge in [0.2, 0.25) is 0 Å². The van der Waals surface area contributed by atoms with Gasteiger partial charge in [0, 0.05) is 35.3 Å². The van der Waals surface area contributed by atoms with E-state index < -0.39 is 0 Å². The van der Waals surface area contributed by atoms with E-state index in [0.29, 0.717) is 30.1 Å². The number of aromatic nitrogens is 1. The predicted octanol–water partition coefficient (Wildman–Crippen LogP) is 5.90. The van der Waals surface area contributed by atoms with E-state index in [9.17, 15) is 4.79 Å². The first-order chi connectivity index (χ1) is 15.9. The Morgan fingerprint density at radius 1 is 1.06 bits per heavy atom. The zero-order valence-corrected chi connectivity index (χ0v) is 19.7. The molecule has 0 spiro atoms. The average molecular weight is 459 g/mol. The molecule has 0 bridgehead atoms. The fourth-order valence-corrected chi connectivity index (χ4v) is 5.57. The third-order valence-electron chi connectivity index (χ3n) is 6.21. The molecule has 2 aliphatic rings. The Labute approximate surface area is 197 Å². The molecule has 1 aromatic heterocycles. The Balaban J connectivity index is 1.65. The Hall–Kier alpha value is -3.38. The molecule has 0 unspecified atom stereocenters. The molecule has 6 heteroatoms. The second-order valence-corrected chi connectivity index (χ2v) is 10.1. The first kappa shape index (κ1) is 21.5. The van der Waals surface area contributed by atoms with Gasteiger partial charge in [-0.3, -0.25) is 4.79 Å². The van der Waals surface area contributed by atoms with Crippen LogP contribution in [0.15, 0.2) is 77.2 Å². The van der Waals surface area contributed by atoms with E-state index in [-0.39, 0.29) is 17.1 Å². The number of ether oxygens (including phenoxy) is 2. The van der Waals surface area contributed by atoms with Crippen LogP contribution in [0.4, 0.5) is 0 Å². The highest BCUT2D eigenvalue weighted by Gasteiger charge is 2.43. The summed E-state index contributed by atoms with van der Waals surface area (Å²) in [5.74, 6) is 1.52. The van der Waals surface area contributed by atoms with Crippen LogP contribution in [0.1, 0.15) is 43.2 Å². The first-order valence-corrected chi connectivity index (χ1v) is 11.8. The van der Waals surface area contributed by atoms with Gasteiger partial charge in [-0.25, -0.2) is 4.98 Å². The van der Waals surface area contributed by atoms with E-state index in [4.69, 9.17) is 20.2 Å². The molecule has 2 heterocycles. The molecule has 0 fully saturated rings. The highest BCUT2D eigenvalue weighted by molar-refractivity contribution is 7.11. The maximum atomic E-state index is 13.4. The Morgan fingerprint density at radius 3 is 2.48 bits per heavy atom.